The Hall–Kier alpha value is -2.50. The number of benzene rings is 2. The summed E-state index contributed by atoms with van der Waals surface area (Å²) in [7, 11) is 2.04. The van der Waals surface area contributed by atoms with Crippen LogP contribution >= 0.6 is 11.6 Å². The van der Waals surface area contributed by atoms with E-state index in [4.69, 9.17) is 11.6 Å². The second kappa shape index (κ2) is 8.09. The van der Waals surface area contributed by atoms with Crippen LogP contribution in [-0.2, 0) is 4.79 Å². The second-order valence-corrected chi connectivity index (χ2v) is 8.39. The van der Waals surface area contributed by atoms with Gasteiger partial charge in [-0.25, -0.2) is 0 Å². The number of carbonyl (C=O) groups excluding carboxylic acids is 3. The van der Waals surface area contributed by atoms with Gasteiger partial charge in [0, 0.05) is 22.3 Å². The molecule has 2 N–H and O–H groups in total. The number of ketones is 2. The Balaban J connectivity index is 1.54. The zero-order chi connectivity index (χ0) is 20.5. The highest BCUT2D eigenvalue weighted by atomic mass is 35.5. The van der Waals surface area contributed by atoms with Crippen LogP contribution in [0.25, 0.3) is 0 Å². The summed E-state index contributed by atoms with van der Waals surface area (Å²) in [5.41, 5.74) is 1.69. The standard InChI is InChI=1S/C23H23ClN2O3/c1-26(14-7-3-2-4-8-14)13-21(27)25-20-12-18-17(11-19(20)24)22(28)15-9-5-6-10-16(15)23(18)29/h5-6,9-12,14H,2-4,7-8,13H2,1H3,(H,25,27)/p+1. The van der Waals surface area contributed by atoms with E-state index in [0.29, 0.717) is 29.4 Å². The molecule has 4 rings (SSSR count). The molecule has 29 heavy (non-hydrogen) atoms. The molecule has 2 aliphatic rings. The lowest BCUT2D eigenvalue weighted by atomic mass is 9.84. The van der Waals surface area contributed by atoms with Crippen molar-refractivity contribution in [2.75, 3.05) is 18.9 Å². The van der Waals surface area contributed by atoms with E-state index in [1.807, 2.05) is 7.05 Å². The summed E-state index contributed by atoms with van der Waals surface area (Å²) in [5, 5.41) is 3.09. The normalized spacial score (nSPS) is 17.4. The smallest absolute Gasteiger partial charge is 0.279 e. The molecule has 1 atom stereocenters. The monoisotopic (exact) mass is 411 g/mol. The van der Waals surface area contributed by atoms with Crippen LogP contribution in [0.1, 0.15) is 63.9 Å². The Bertz CT molecular complexity index is 996. The number of carbonyl (C=O) groups is 3. The molecule has 0 aromatic heterocycles. The van der Waals surface area contributed by atoms with Gasteiger partial charge in [0.15, 0.2) is 18.1 Å². The van der Waals surface area contributed by atoms with Gasteiger partial charge in [-0.15, -0.1) is 0 Å². The van der Waals surface area contributed by atoms with Crippen LogP contribution in [0.3, 0.4) is 0 Å². The number of nitrogens with one attached hydrogen (secondary N) is 2. The van der Waals surface area contributed by atoms with Crippen LogP contribution in [0.15, 0.2) is 36.4 Å². The maximum absolute atomic E-state index is 12.9. The highest BCUT2D eigenvalue weighted by molar-refractivity contribution is 6.36. The van der Waals surface area contributed by atoms with Crippen molar-refractivity contribution in [1.29, 1.82) is 0 Å². The van der Waals surface area contributed by atoms with Gasteiger partial charge in [-0.3, -0.25) is 14.4 Å². The van der Waals surface area contributed by atoms with Crippen molar-refractivity contribution in [2.24, 2.45) is 0 Å². The molecule has 0 aliphatic heterocycles. The molecular weight excluding hydrogens is 388 g/mol. The molecule has 1 saturated carbocycles. The van der Waals surface area contributed by atoms with Gasteiger partial charge in [-0.2, -0.15) is 0 Å². The maximum atomic E-state index is 12.9. The molecule has 6 heteroatoms. The molecule has 1 unspecified atom stereocenters. The van der Waals surface area contributed by atoms with Crippen molar-refractivity contribution < 1.29 is 19.3 Å². The minimum absolute atomic E-state index is 0.148. The van der Waals surface area contributed by atoms with Crippen LogP contribution < -0.4 is 10.2 Å². The van der Waals surface area contributed by atoms with Gasteiger partial charge >= 0.3 is 0 Å². The van der Waals surface area contributed by atoms with E-state index in [1.165, 1.54) is 36.3 Å². The summed E-state index contributed by atoms with van der Waals surface area (Å²) in [4.78, 5) is 39.4. The van der Waals surface area contributed by atoms with E-state index in [1.54, 1.807) is 24.3 Å². The van der Waals surface area contributed by atoms with Crippen molar-refractivity contribution in [3.63, 3.8) is 0 Å². The van der Waals surface area contributed by atoms with Gasteiger partial charge in [0.2, 0.25) is 0 Å². The third-order valence-electron chi connectivity index (χ3n) is 6.03. The predicted molar refractivity (Wildman–Crippen MR) is 112 cm³/mol. The average molecular weight is 412 g/mol. The van der Waals surface area contributed by atoms with Crippen LogP contribution in [0.2, 0.25) is 5.02 Å². The summed E-state index contributed by atoms with van der Waals surface area (Å²) in [6.07, 6.45) is 6.01. The molecule has 0 radical (unpaired) electrons. The first-order valence-corrected chi connectivity index (χ1v) is 10.5. The van der Waals surface area contributed by atoms with Gasteiger partial charge in [0.05, 0.1) is 23.8 Å². The first-order chi connectivity index (χ1) is 14.0. The van der Waals surface area contributed by atoms with E-state index in [2.05, 4.69) is 5.32 Å². The van der Waals surface area contributed by atoms with Crippen molar-refractivity contribution in [2.45, 2.75) is 38.1 Å². The van der Waals surface area contributed by atoms with Crippen LogP contribution in [0, 0.1) is 0 Å². The number of quaternary nitrogens is 1. The third kappa shape index (κ3) is 3.85. The Labute approximate surface area is 175 Å². The Kier molecular flexibility index (Phi) is 5.52. The third-order valence-corrected chi connectivity index (χ3v) is 6.34. The highest BCUT2D eigenvalue weighted by Gasteiger charge is 2.31. The van der Waals surface area contributed by atoms with E-state index >= 15 is 0 Å². The lowest BCUT2D eigenvalue weighted by molar-refractivity contribution is -0.899. The van der Waals surface area contributed by atoms with Crippen molar-refractivity contribution in [3.05, 3.63) is 63.7 Å². The molecule has 2 aromatic rings. The number of rotatable bonds is 4. The number of likely N-dealkylation sites (N-methyl/N-ethyl adjacent to an activating group) is 1. The summed E-state index contributed by atoms with van der Waals surface area (Å²) in [6, 6.07) is 10.3. The molecule has 5 nitrogen and oxygen atoms in total. The van der Waals surface area contributed by atoms with Gasteiger partial charge in [0.1, 0.15) is 0 Å². The minimum Gasteiger partial charge on any atom is -0.327 e. The molecule has 0 saturated heterocycles. The number of anilines is 1. The zero-order valence-corrected chi connectivity index (χ0v) is 17.1. The van der Waals surface area contributed by atoms with Crippen molar-refractivity contribution in [1.82, 2.24) is 0 Å². The van der Waals surface area contributed by atoms with E-state index in [0.717, 1.165) is 12.8 Å². The molecule has 0 bridgehead atoms. The fraction of sp³-hybridized carbons (Fsp3) is 0.348. The zero-order valence-electron chi connectivity index (χ0n) is 16.4. The number of halogens is 1. The molecule has 0 spiro atoms. The van der Waals surface area contributed by atoms with Gasteiger partial charge < -0.3 is 10.2 Å². The Morgan fingerprint density at radius 1 is 1.00 bits per heavy atom. The Morgan fingerprint density at radius 3 is 2.21 bits per heavy atom. The summed E-state index contributed by atoms with van der Waals surface area (Å²) < 4.78 is 0. The van der Waals surface area contributed by atoms with Crippen LogP contribution in [0.5, 0.6) is 0 Å². The maximum Gasteiger partial charge on any atom is 0.279 e. The van der Waals surface area contributed by atoms with E-state index < -0.39 is 0 Å². The lowest BCUT2D eigenvalue weighted by Gasteiger charge is -2.27. The molecular formula is C23H24ClN2O3+. The Morgan fingerprint density at radius 2 is 1.59 bits per heavy atom. The molecule has 150 valence electrons. The SMILES string of the molecule is C[NH+](CC(=O)Nc1cc2c(cc1Cl)C(=O)c1ccccc1C2=O)C1CCCCC1. The van der Waals surface area contributed by atoms with Crippen LogP contribution in [-0.4, -0.2) is 37.1 Å². The number of hydrogen-bond acceptors (Lipinski definition) is 3. The van der Waals surface area contributed by atoms with E-state index in [-0.39, 0.29) is 33.6 Å². The van der Waals surface area contributed by atoms with Gasteiger partial charge in [-0.05, 0) is 37.8 Å². The average Bonchev–Trinajstić information content (AvgIpc) is 2.73. The lowest BCUT2D eigenvalue weighted by Crippen LogP contribution is -3.14. The molecule has 2 aliphatic carbocycles. The van der Waals surface area contributed by atoms with Crippen LogP contribution in [0.4, 0.5) is 5.69 Å². The fourth-order valence-electron chi connectivity index (χ4n) is 4.40. The number of hydrogen-bond donors (Lipinski definition) is 2. The first kappa shape index (κ1) is 19.8. The largest absolute Gasteiger partial charge is 0.327 e. The molecule has 2 aromatic carbocycles. The van der Waals surface area contributed by atoms with Crippen molar-refractivity contribution >= 4 is 34.8 Å². The molecule has 1 fully saturated rings. The second-order valence-electron chi connectivity index (χ2n) is 7.99. The molecule has 0 heterocycles. The first-order valence-electron chi connectivity index (χ1n) is 10.1. The minimum atomic E-state index is -0.229. The van der Waals surface area contributed by atoms with Gasteiger partial charge in [-0.1, -0.05) is 42.3 Å². The number of fused-ring (bicyclic) bond motifs is 2. The van der Waals surface area contributed by atoms with Crippen molar-refractivity contribution in [3.8, 4) is 0 Å². The highest BCUT2D eigenvalue weighted by Crippen LogP contribution is 2.33. The van der Waals surface area contributed by atoms with E-state index in [9.17, 15) is 14.4 Å². The summed E-state index contributed by atoms with van der Waals surface area (Å²) in [6.45, 7) is 0.341. The fourth-order valence-corrected chi connectivity index (χ4v) is 4.61. The topological polar surface area (TPSA) is 67.7 Å². The van der Waals surface area contributed by atoms with Gasteiger partial charge in [0.25, 0.3) is 5.91 Å². The number of amides is 1. The summed E-state index contributed by atoms with van der Waals surface area (Å²) in [5.74, 6) is -0.603. The predicted octanol–water partition coefficient (Wildman–Crippen LogP) is 2.90. The molecule has 1 amide bonds. The quantitative estimate of drug-likeness (QED) is 0.693. The summed E-state index contributed by atoms with van der Waals surface area (Å²) >= 11 is 6.35.